The number of ketones is 3. The minimum atomic E-state index is -1.33. The van der Waals surface area contributed by atoms with Gasteiger partial charge < -0.3 is 15.7 Å². The van der Waals surface area contributed by atoms with E-state index in [1.807, 2.05) is 51.1 Å². The van der Waals surface area contributed by atoms with Crippen LogP contribution in [0.5, 0.6) is 0 Å². The third kappa shape index (κ3) is 11.1. The number of carbonyl (C=O) groups is 6. The minimum absolute atomic E-state index is 0.00989. The number of amides is 2. The van der Waals surface area contributed by atoms with Crippen molar-refractivity contribution in [1.82, 2.24) is 10.6 Å². The highest BCUT2D eigenvalue weighted by molar-refractivity contribution is 6.38. The van der Waals surface area contributed by atoms with Gasteiger partial charge in [-0.05, 0) is 44.6 Å². The molecule has 9 heteroatoms. The van der Waals surface area contributed by atoms with Crippen molar-refractivity contribution in [2.75, 3.05) is 0 Å². The van der Waals surface area contributed by atoms with Crippen LogP contribution in [0.2, 0.25) is 0 Å². The molecule has 1 rings (SSSR count). The normalized spacial score (nSPS) is 14.6. The van der Waals surface area contributed by atoms with Crippen LogP contribution in [0.25, 0.3) is 0 Å². The zero-order valence-corrected chi connectivity index (χ0v) is 24.2. The molecule has 0 aliphatic carbocycles. The van der Waals surface area contributed by atoms with Crippen molar-refractivity contribution in [3.63, 3.8) is 0 Å². The molecule has 3 N–H and O–H groups in total. The van der Waals surface area contributed by atoms with Crippen molar-refractivity contribution in [1.29, 1.82) is 0 Å². The van der Waals surface area contributed by atoms with Crippen LogP contribution >= 0.6 is 0 Å². The topological polar surface area (TPSA) is 147 Å². The zero-order valence-electron chi connectivity index (χ0n) is 24.2. The second-order valence-electron chi connectivity index (χ2n) is 11.5. The summed E-state index contributed by atoms with van der Waals surface area (Å²) < 4.78 is 0. The number of Topliss-reactive ketones (excluding diaryl/α,β-unsaturated/α-hetero) is 3. The van der Waals surface area contributed by atoms with Gasteiger partial charge in [-0.1, -0.05) is 64.4 Å². The average Bonchev–Trinajstić information content (AvgIpc) is 2.85. The number of aliphatic carboxylic acids is 1. The van der Waals surface area contributed by atoms with E-state index in [0.717, 1.165) is 5.56 Å². The molecule has 0 fully saturated rings. The molecule has 0 heterocycles. The van der Waals surface area contributed by atoms with Crippen LogP contribution in [0.4, 0.5) is 0 Å². The lowest BCUT2D eigenvalue weighted by molar-refractivity contribution is -0.150. The monoisotopic (exact) mass is 544 g/mol. The summed E-state index contributed by atoms with van der Waals surface area (Å²) in [6.45, 7) is 11.6. The molecule has 0 spiro atoms. The van der Waals surface area contributed by atoms with Gasteiger partial charge in [-0.25, -0.2) is 0 Å². The van der Waals surface area contributed by atoms with Gasteiger partial charge in [0.1, 0.15) is 5.78 Å². The van der Waals surface area contributed by atoms with Crippen molar-refractivity contribution in [2.45, 2.75) is 92.7 Å². The standard InChI is InChI=1S/C30H44N2O7/c1-8-19(4)25(24(34)17-30(6,7)29(38)39)32-28(37)26(35)20(5)31-27(36)22(14-18(2)3)16-23(33)15-21-12-10-9-11-13-21/h9-13,18-20,22,25H,8,14-17H2,1-7H3,(H,31,36)(H,32,37)(H,38,39)/t19-,20?,22+,25-/m0/s1. The fraction of sp³-hybridized carbons (Fsp3) is 0.600. The van der Waals surface area contributed by atoms with Crippen molar-refractivity contribution >= 4 is 35.1 Å². The highest BCUT2D eigenvalue weighted by Crippen LogP contribution is 2.24. The van der Waals surface area contributed by atoms with Crippen LogP contribution in [0.1, 0.15) is 79.7 Å². The molecule has 0 aliphatic heterocycles. The van der Waals surface area contributed by atoms with Gasteiger partial charge >= 0.3 is 5.97 Å². The summed E-state index contributed by atoms with van der Waals surface area (Å²) in [6.07, 6.45) is 0.841. The second-order valence-corrected chi connectivity index (χ2v) is 11.5. The summed E-state index contributed by atoms with van der Waals surface area (Å²) >= 11 is 0. The van der Waals surface area contributed by atoms with E-state index in [-0.39, 0.29) is 36.9 Å². The van der Waals surface area contributed by atoms with E-state index in [0.29, 0.717) is 12.8 Å². The Morgan fingerprint density at radius 2 is 1.51 bits per heavy atom. The Balaban J connectivity index is 2.89. The zero-order chi connectivity index (χ0) is 29.9. The Bertz CT molecular complexity index is 1030. The Morgan fingerprint density at radius 3 is 2.03 bits per heavy atom. The number of carboxylic acids is 1. The highest BCUT2D eigenvalue weighted by Gasteiger charge is 2.37. The molecule has 0 aromatic heterocycles. The quantitative estimate of drug-likeness (QED) is 0.254. The maximum Gasteiger partial charge on any atom is 0.309 e. The number of hydrogen-bond donors (Lipinski definition) is 3. The van der Waals surface area contributed by atoms with Crippen molar-refractivity contribution in [3.05, 3.63) is 35.9 Å². The van der Waals surface area contributed by atoms with Crippen LogP contribution in [0.3, 0.4) is 0 Å². The Kier molecular flexibility index (Phi) is 13.2. The maximum atomic E-state index is 13.1. The lowest BCUT2D eigenvalue weighted by Gasteiger charge is -2.27. The maximum absolute atomic E-state index is 13.1. The van der Waals surface area contributed by atoms with E-state index in [9.17, 15) is 33.9 Å². The highest BCUT2D eigenvalue weighted by atomic mass is 16.4. The number of carbonyl (C=O) groups excluding carboxylic acids is 5. The molecule has 1 aromatic rings. The predicted octanol–water partition coefficient (Wildman–Crippen LogP) is 3.53. The molecule has 0 saturated carbocycles. The second kappa shape index (κ2) is 15.3. The molecular weight excluding hydrogens is 500 g/mol. The molecule has 4 atom stereocenters. The van der Waals surface area contributed by atoms with Gasteiger partial charge in [-0.15, -0.1) is 0 Å². The number of nitrogens with one attached hydrogen (secondary N) is 2. The van der Waals surface area contributed by atoms with Crippen LogP contribution < -0.4 is 10.6 Å². The Morgan fingerprint density at radius 1 is 0.923 bits per heavy atom. The Hall–Kier alpha value is -3.36. The van der Waals surface area contributed by atoms with Crippen molar-refractivity contribution < 1.29 is 33.9 Å². The minimum Gasteiger partial charge on any atom is -0.481 e. The first kappa shape index (κ1) is 33.7. The number of hydrogen-bond acceptors (Lipinski definition) is 6. The van der Waals surface area contributed by atoms with Gasteiger partial charge in [0.2, 0.25) is 11.7 Å². The third-order valence-corrected chi connectivity index (χ3v) is 6.86. The molecule has 216 valence electrons. The lowest BCUT2D eigenvalue weighted by atomic mass is 9.82. The summed E-state index contributed by atoms with van der Waals surface area (Å²) in [5, 5.41) is 14.4. The molecule has 9 nitrogen and oxygen atoms in total. The SMILES string of the molecule is CC[C@H](C)[C@H](NC(=O)C(=O)C(C)NC(=O)[C@@H](CC(=O)Cc1ccccc1)CC(C)C)C(=O)CC(C)(C)C(=O)O. The van der Waals surface area contributed by atoms with Crippen LogP contribution in [0.15, 0.2) is 30.3 Å². The van der Waals surface area contributed by atoms with Gasteiger partial charge in [-0.2, -0.15) is 0 Å². The summed E-state index contributed by atoms with van der Waals surface area (Å²) in [5.41, 5.74) is -0.481. The first-order valence-electron chi connectivity index (χ1n) is 13.6. The van der Waals surface area contributed by atoms with E-state index in [2.05, 4.69) is 10.6 Å². The third-order valence-electron chi connectivity index (χ3n) is 6.86. The molecule has 1 unspecified atom stereocenters. The van der Waals surface area contributed by atoms with E-state index in [4.69, 9.17) is 0 Å². The molecule has 0 bridgehead atoms. The summed E-state index contributed by atoms with van der Waals surface area (Å²) in [5.74, 6) is -5.05. The summed E-state index contributed by atoms with van der Waals surface area (Å²) in [4.78, 5) is 75.7. The number of carboxylic acid groups (broad SMARTS) is 1. The molecule has 1 aromatic carbocycles. The predicted molar refractivity (Wildman–Crippen MR) is 148 cm³/mol. The van der Waals surface area contributed by atoms with E-state index in [1.165, 1.54) is 20.8 Å². The fourth-order valence-electron chi connectivity index (χ4n) is 4.23. The fourth-order valence-corrected chi connectivity index (χ4v) is 4.23. The smallest absolute Gasteiger partial charge is 0.309 e. The molecule has 0 radical (unpaired) electrons. The molecule has 39 heavy (non-hydrogen) atoms. The van der Waals surface area contributed by atoms with Crippen LogP contribution in [-0.4, -0.2) is 52.3 Å². The van der Waals surface area contributed by atoms with Gasteiger partial charge in [0.25, 0.3) is 5.91 Å². The summed E-state index contributed by atoms with van der Waals surface area (Å²) in [6, 6.07) is 6.99. The van der Waals surface area contributed by atoms with Gasteiger partial charge in [0.15, 0.2) is 5.78 Å². The van der Waals surface area contributed by atoms with E-state index >= 15 is 0 Å². The van der Waals surface area contributed by atoms with E-state index in [1.54, 1.807) is 6.92 Å². The average molecular weight is 545 g/mol. The first-order valence-corrected chi connectivity index (χ1v) is 13.6. The molecular formula is C30H44N2O7. The van der Waals surface area contributed by atoms with Gasteiger partial charge in [0, 0.05) is 25.2 Å². The van der Waals surface area contributed by atoms with E-state index < -0.39 is 52.8 Å². The largest absolute Gasteiger partial charge is 0.481 e. The first-order chi connectivity index (χ1) is 18.1. The van der Waals surface area contributed by atoms with Crippen LogP contribution in [-0.2, 0) is 35.2 Å². The van der Waals surface area contributed by atoms with Crippen molar-refractivity contribution in [3.8, 4) is 0 Å². The Labute approximate surface area is 231 Å². The number of rotatable bonds is 17. The lowest BCUT2D eigenvalue weighted by Crippen LogP contribution is -2.53. The van der Waals surface area contributed by atoms with Gasteiger partial charge in [0.05, 0.1) is 17.5 Å². The molecule has 0 aliphatic rings. The summed E-state index contributed by atoms with van der Waals surface area (Å²) in [7, 11) is 0. The van der Waals surface area contributed by atoms with Gasteiger partial charge in [-0.3, -0.25) is 28.8 Å². The number of benzene rings is 1. The molecule has 0 saturated heterocycles. The van der Waals surface area contributed by atoms with Crippen molar-refractivity contribution in [2.24, 2.45) is 23.2 Å². The van der Waals surface area contributed by atoms with Crippen LogP contribution in [0, 0.1) is 23.2 Å². The molecule has 2 amide bonds.